The van der Waals surface area contributed by atoms with Gasteiger partial charge in [-0.25, -0.2) is 35.7 Å². The summed E-state index contributed by atoms with van der Waals surface area (Å²) in [6.45, 7) is 19.1. The van der Waals surface area contributed by atoms with Gasteiger partial charge in [-0.15, -0.1) is 0 Å². The van der Waals surface area contributed by atoms with Crippen molar-refractivity contribution in [3.05, 3.63) is 241 Å². The van der Waals surface area contributed by atoms with Crippen LogP contribution in [0.3, 0.4) is 0 Å². The zero-order valence-corrected chi connectivity index (χ0v) is 56.6. The van der Waals surface area contributed by atoms with Gasteiger partial charge in [0.2, 0.25) is 0 Å². The third-order valence-electron chi connectivity index (χ3n) is 14.7. The van der Waals surface area contributed by atoms with Gasteiger partial charge in [0.25, 0.3) is 17.7 Å². The molecule has 91 heavy (non-hydrogen) atoms. The van der Waals surface area contributed by atoms with Crippen molar-refractivity contribution >= 4 is 123 Å². The van der Waals surface area contributed by atoms with E-state index in [1.807, 2.05) is 78.9 Å². The summed E-state index contributed by atoms with van der Waals surface area (Å²) >= 11 is 17.6. The van der Waals surface area contributed by atoms with Gasteiger partial charge in [0, 0.05) is 22.1 Å². The summed E-state index contributed by atoms with van der Waals surface area (Å²) in [6, 6.07) is 50.4. The molecule has 7 aromatic carbocycles. The van der Waals surface area contributed by atoms with E-state index in [4.69, 9.17) is 34.8 Å². The summed E-state index contributed by atoms with van der Waals surface area (Å²) in [5.41, 5.74) is 10.3. The van der Waals surface area contributed by atoms with E-state index in [-0.39, 0.29) is 88.1 Å². The molecule has 0 saturated heterocycles. The van der Waals surface area contributed by atoms with Gasteiger partial charge in [-0.1, -0.05) is 188 Å². The fourth-order valence-corrected chi connectivity index (χ4v) is 13.6. The number of hydrogen-bond donors (Lipinski definition) is 1. The second kappa shape index (κ2) is 27.8. The number of hydrazone groups is 3. The number of nitrogens with zero attached hydrogens (tertiary/aromatic N) is 5. The Bertz CT molecular complexity index is 4440. The van der Waals surface area contributed by atoms with E-state index in [1.54, 1.807) is 42.5 Å². The highest BCUT2D eigenvalue weighted by molar-refractivity contribution is 7.92. The van der Waals surface area contributed by atoms with Crippen molar-refractivity contribution in [3.8, 4) is 0 Å². The van der Waals surface area contributed by atoms with Gasteiger partial charge < -0.3 is 0 Å². The Morgan fingerprint density at radius 1 is 0.407 bits per heavy atom. The van der Waals surface area contributed by atoms with E-state index in [1.165, 1.54) is 101 Å². The van der Waals surface area contributed by atoms with Gasteiger partial charge in [-0.2, -0.15) is 20.3 Å². The predicted molar refractivity (Wildman–Crippen MR) is 367 cm³/mol. The summed E-state index contributed by atoms with van der Waals surface area (Å²) in [7, 11) is -9.56. The van der Waals surface area contributed by atoms with Crippen LogP contribution in [0.1, 0.15) is 95.7 Å². The zero-order chi connectivity index (χ0) is 66.4. The first-order chi connectivity index (χ1) is 42.6. The highest BCUT2D eigenvalue weighted by Crippen LogP contribution is 2.31. The first kappa shape index (κ1) is 68.8. The number of amides is 3. The Labute approximate surface area is 548 Å². The highest BCUT2D eigenvalue weighted by atomic mass is 35.5. The normalized spacial score (nSPS) is 16.1. The lowest BCUT2D eigenvalue weighted by molar-refractivity contribution is -0.124. The Balaban J connectivity index is 0.000000177. The number of carbonyl (C=O) groups is 3. The zero-order valence-electron chi connectivity index (χ0n) is 51.9. The molecule has 0 aliphatic carbocycles. The molecule has 3 aliphatic heterocycles. The molecule has 1 N–H and O–H groups in total. The molecule has 21 heteroatoms. The molecular weight excluding hydrogens is 1270 g/mol. The number of nitrogens with one attached hydrogen (secondary N) is 1. The second-order valence-electron chi connectivity index (χ2n) is 24.8. The third kappa shape index (κ3) is 17.7. The maximum absolute atomic E-state index is 13.3. The first-order valence-corrected chi connectivity index (χ1v) is 34.8. The molecule has 0 fully saturated rings. The van der Waals surface area contributed by atoms with Crippen molar-refractivity contribution in [1.29, 1.82) is 0 Å². The summed E-state index contributed by atoms with van der Waals surface area (Å²) < 4.78 is 77.2. The monoisotopic (exact) mass is 1340 g/mol. The maximum Gasteiger partial charge on any atom is 0.280 e. The SMILES string of the molecule is CC(C)(C)c1ccc(C=C2C(=O)N(c3ccccc3)N=C2CS(=O)(=O)c2ccc(Cl)cc2)cc1.CC(C)(C)c1ccc(C=C2C(=O)NN=C2CS(=O)(=O)c2ccc(Cl)cc2)cc1.CN1N=C(CS(=O)(=O)c2ccc(Cl)cc2)C(=Cc2ccc(C(C)(C)C)cc2)C1=O. The molecule has 3 heterocycles. The molecular formula is C70H69Cl3N6O9S3. The topological polar surface area (TPSA) is 209 Å². The smallest absolute Gasteiger partial charge is 0.267 e. The van der Waals surface area contributed by atoms with Crippen LogP contribution in [0.5, 0.6) is 0 Å². The van der Waals surface area contributed by atoms with Gasteiger partial charge in [-0.05, 0) is 153 Å². The number of sulfone groups is 3. The lowest BCUT2D eigenvalue weighted by Crippen LogP contribution is -2.22. The highest BCUT2D eigenvalue weighted by Gasteiger charge is 2.35. The van der Waals surface area contributed by atoms with Gasteiger partial charge in [0.15, 0.2) is 29.5 Å². The van der Waals surface area contributed by atoms with Crippen molar-refractivity contribution in [2.75, 3.05) is 29.3 Å². The number of halogens is 3. The Kier molecular flexibility index (Phi) is 21.0. The van der Waals surface area contributed by atoms with Crippen molar-refractivity contribution in [3.63, 3.8) is 0 Å². The summed E-state index contributed by atoms with van der Waals surface area (Å²) in [4.78, 5) is 38.5. The number of hydrogen-bond acceptors (Lipinski definition) is 12. The van der Waals surface area contributed by atoms with Gasteiger partial charge >= 0.3 is 0 Å². The molecule has 0 radical (unpaired) electrons. The Hall–Kier alpha value is -8.10. The minimum Gasteiger partial charge on any atom is -0.267 e. The molecule has 3 aliphatic rings. The van der Waals surface area contributed by atoms with Gasteiger partial charge in [0.05, 0.1) is 71.5 Å². The van der Waals surface area contributed by atoms with Crippen LogP contribution >= 0.6 is 34.8 Å². The van der Waals surface area contributed by atoms with Crippen molar-refractivity contribution in [2.45, 2.75) is 93.2 Å². The van der Waals surface area contributed by atoms with Crippen molar-refractivity contribution in [2.24, 2.45) is 15.3 Å². The molecule has 3 amide bonds. The molecule has 15 nitrogen and oxygen atoms in total. The van der Waals surface area contributed by atoms with Crippen molar-refractivity contribution < 1.29 is 39.6 Å². The van der Waals surface area contributed by atoms with E-state index < -0.39 is 41.2 Å². The fraction of sp³-hybridized carbons (Fsp3) is 0.229. The van der Waals surface area contributed by atoms with Crippen LogP contribution in [-0.4, -0.2) is 89.4 Å². The van der Waals surface area contributed by atoms with Crippen LogP contribution in [0.4, 0.5) is 5.69 Å². The molecule has 0 spiro atoms. The number of likely N-dealkylation sites (N-methyl/N-ethyl adjacent to an activating group) is 1. The predicted octanol–water partition coefficient (Wildman–Crippen LogP) is 14.2. The van der Waals surface area contributed by atoms with E-state index >= 15 is 0 Å². The maximum atomic E-state index is 13.3. The Morgan fingerprint density at radius 2 is 0.725 bits per heavy atom. The molecule has 0 aromatic heterocycles. The number of para-hydroxylation sites is 1. The standard InChI is InChI=1S/C27H25ClN2O3S.C22H23ClN2O3S.C21H21ClN2O3S/c1-27(2,3)20-11-9-19(10-12-20)17-24-25(18-34(32,33)23-15-13-21(28)14-16-23)29-30(26(24)31)22-7-5-4-6-8-22;1-22(2,3)16-7-5-15(6-8-16)13-19-20(24-25(4)21(19)26)14-29(27,28)18-11-9-17(23)10-12-18;1-21(2,3)15-6-4-14(5-7-15)12-18-19(23-24-20(18)25)13-28(26,27)17-10-8-16(22)9-11-17/h4-17H,18H2,1-3H3;5-13H,14H2,1-4H3;4-12H,13H2,1-3H3,(H,24,25). The fourth-order valence-electron chi connectivity index (χ4n) is 9.37. The van der Waals surface area contributed by atoms with E-state index in [0.717, 1.165) is 22.3 Å². The third-order valence-corrected chi connectivity index (χ3v) is 20.4. The molecule has 472 valence electrons. The largest absolute Gasteiger partial charge is 0.280 e. The van der Waals surface area contributed by atoms with E-state index in [2.05, 4.69) is 83.0 Å². The number of rotatable bonds is 13. The van der Waals surface area contributed by atoms with Crippen LogP contribution in [-0.2, 0) is 60.1 Å². The molecule has 7 aromatic rings. The van der Waals surface area contributed by atoms with Crippen LogP contribution in [0.15, 0.2) is 223 Å². The Morgan fingerprint density at radius 3 is 1.08 bits per heavy atom. The minimum absolute atomic E-state index is 0.00175. The summed E-state index contributed by atoms with van der Waals surface area (Å²) in [5.74, 6) is -2.26. The molecule has 10 rings (SSSR count). The molecule has 0 unspecified atom stereocenters. The number of anilines is 1. The quantitative estimate of drug-likeness (QED) is 0.109. The van der Waals surface area contributed by atoms with Gasteiger partial charge in [0.1, 0.15) is 0 Å². The average molecular weight is 1340 g/mol. The summed E-state index contributed by atoms with van der Waals surface area (Å²) in [6.07, 6.45) is 5.05. The molecule has 0 saturated carbocycles. The lowest BCUT2D eigenvalue weighted by Gasteiger charge is -2.18. The first-order valence-electron chi connectivity index (χ1n) is 28.7. The van der Waals surface area contributed by atoms with Crippen LogP contribution in [0.2, 0.25) is 15.1 Å². The van der Waals surface area contributed by atoms with E-state index in [9.17, 15) is 39.6 Å². The number of benzene rings is 7. The van der Waals surface area contributed by atoms with Gasteiger partial charge in [-0.3, -0.25) is 14.4 Å². The summed E-state index contributed by atoms with van der Waals surface area (Å²) in [5, 5.41) is 16.3. The lowest BCUT2D eigenvalue weighted by atomic mass is 9.86. The minimum atomic E-state index is -3.75. The van der Waals surface area contributed by atoms with Crippen molar-refractivity contribution in [1.82, 2.24) is 10.4 Å². The number of carbonyl (C=O) groups excluding carboxylic acids is 3. The molecule has 0 bridgehead atoms. The average Bonchev–Trinajstić information content (AvgIpc) is 1.80. The van der Waals surface area contributed by atoms with Crippen LogP contribution < -0.4 is 10.4 Å². The molecule has 0 atom stereocenters. The van der Waals surface area contributed by atoms with Crippen LogP contribution in [0.25, 0.3) is 18.2 Å². The van der Waals surface area contributed by atoms with E-state index in [0.29, 0.717) is 20.8 Å². The second-order valence-corrected chi connectivity index (χ2v) is 32.1. The van der Waals surface area contributed by atoms with Crippen LogP contribution in [0, 0.1) is 0 Å².